The summed E-state index contributed by atoms with van der Waals surface area (Å²) in [4.78, 5) is 78.2. The highest BCUT2D eigenvalue weighted by Crippen LogP contribution is 2.38. The Kier molecular flexibility index (Phi) is 14.4. The standard InChI is InChI=1S/C29H30I4N2O8/c1-6-15(38)21-23(30)20(13(3)28(26(21)33)35(5)14(4)37)17(40)9-10-18(41)34-27-12(2)19(16(39)8-7-11-36)24(31)22(25(27)32)29(42)43/h36H,6-11H2,1-5H3,(H,34,41)(H,42,43). The molecular weight excluding hydrogens is 1010 g/mol. The molecule has 2 aromatic rings. The third-order valence-electron chi connectivity index (χ3n) is 6.81. The van der Waals surface area contributed by atoms with Crippen molar-refractivity contribution in [1.82, 2.24) is 0 Å². The van der Waals surface area contributed by atoms with E-state index in [9.17, 15) is 33.9 Å². The molecule has 2 rings (SSSR count). The van der Waals surface area contributed by atoms with Gasteiger partial charge in [0.25, 0.3) is 0 Å². The first-order valence-electron chi connectivity index (χ1n) is 13.0. The van der Waals surface area contributed by atoms with E-state index in [1.165, 1.54) is 11.8 Å². The minimum Gasteiger partial charge on any atom is -0.478 e. The second kappa shape index (κ2) is 16.3. The molecule has 0 aliphatic carbocycles. The summed E-state index contributed by atoms with van der Waals surface area (Å²) in [5, 5.41) is 21.7. The molecule has 14 heteroatoms. The summed E-state index contributed by atoms with van der Waals surface area (Å²) in [6.45, 7) is 6.21. The number of Topliss-reactive ketones (excluding diaryl/α,β-unsaturated/α-hetero) is 3. The van der Waals surface area contributed by atoms with Crippen molar-refractivity contribution in [3.63, 3.8) is 0 Å². The predicted octanol–water partition coefficient (Wildman–Crippen LogP) is 6.55. The molecule has 0 unspecified atom stereocenters. The van der Waals surface area contributed by atoms with Crippen LogP contribution in [0.5, 0.6) is 0 Å². The third-order valence-corrected chi connectivity index (χ3v) is 11.1. The SMILES string of the molecule is CCC(=O)c1c(I)c(C(=O)CCC(=O)Nc2c(C)c(C(=O)CCCO)c(I)c(C(=O)O)c2I)c(C)c(N(C)C(C)=O)c1I. The highest BCUT2D eigenvalue weighted by Gasteiger charge is 2.30. The molecule has 0 spiro atoms. The first-order valence-corrected chi connectivity index (χ1v) is 17.4. The van der Waals surface area contributed by atoms with Gasteiger partial charge >= 0.3 is 5.97 Å². The Morgan fingerprint density at radius 1 is 0.744 bits per heavy atom. The number of carbonyl (C=O) groups excluding carboxylic acids is 5. The molecule has 43 heavy (non-hydrogen) atoms. The Morgan fingerprint density at radius 2 is 1.28 bits per heavy atom. The number of aliphatic hydroxyl groups excluding tert-OH is 1. The molecule has 0 aromatic heterocycles. The lowest BCUT2D eigenvalue weighted by molar-refractivity contribution is -0.117. The number of hydrogen-bond donors (Lipinski definition) is 3. The zero-order chi connectivity index (χ0) is 32.9. The average Bonchev–Trinajstić information content (AvgIpc) is 2.92. The van der Waals surface area contributed by atoms with Crippen LogP contribution in [-0.2, 0) is 9.59 Å². The first kappa shape index (κ1) is 37.9. The van der Waals surface area contributed by atoms with E-state index < -0.39 is 17.7 Å². The summed E-state index contributed by atoms with van der Waals surface area (Å²) in [6, 6.07) is 0. The van der Waals surface area contributed by atoms with Crippen LogP contribution in [0.15, 0.2) is 0 Å². The van der Waals surface area contributed by atoms with Crippen molar-refractivity contribution in [2.75, 3.05) is 23.9 Å². The van der Waals surface area contributed by atoms with Gasteiger partial charge < -0.3 is 20.4 Å². The number of rotatable bonds is 13. The molecule has 0 radical (unpaired) electrons. The van der Waals surface area contributed by atoms with Crippen LogP contribution in [0.25, 0.3) is 0 Å². The highest BCUT2D eigenvalue weighted by atomic mass is 127. The number of amides is 2. The lowest BCUT2D eigenvalue weighted by atomic mass is 9.94. The van der Waals surface area contributed by atoms with Crippen LogP contribution >= 0.6 is 90.4 Å². The monoisotopic (exact) mass is 1040 g/mol. The van der Waals surface area contributed by atoms with Crippen LogP contribution in [0.1, 0.15) is 98.5 Å². The Morgan fingerprint density at radius 3 is 1.79 bits per heavy atom. The van der Waals surface area contributed by atoms with Crippen molar-refractivity contribution in [2.24, 2.45) is 0 Å². The predicted molar refractivity (Wildman–Crippen MR) is 197 cm³/mol. The molecule has 3 N–H and O–H groups in total. The Balaban J connectivity index is 2.50. The Hall–Kier alpha value is -1.26. The van der Waals surface area contributed by atoms with Crippen molar-refractivity contribution < 1.29 is 39.0 Å². The minimum atomic E-state index is -1.26. The summed E-state index contributed by atoms with van der Waals surface area (Å²) < 4.78 is 1.52. The van der Waals surface area contributed by atoms with Gasteiger partial charge in [-0.15, -0.1) is 0 Å². The minimum absolute atomic E-state index is 0.00616. The number of aliphatic hydroxyl groups is 1. The molecule has 0 atom stereocenters. The number of anilines is 2. The summed E-state index contributed by atoms with van der Waals surface area (Å²) >= 11 is 7.61. The van der Waals surface area contributed by atoms with E-state index in [4.69, 9.17) is 5.11 Å². The van der Waals surface area contributed by atoms with Gasteiger partial charge in [-0.3, -0.25) is 24.0 Å². The number of benzene rings is 2. The summed E-state index contributed by atoms with van der Waals surface area (Å²) in [5.74, 6) is -3.02. The normalized spacial score (nSPS) is 10.8. The number of hydrogen-bond acceptors (Lipinski definition) is 7. The van der Waals surface area contributed by atoms with Gasteiger partial charge in [-0.1, -0.05) is 6.92 Å². The maximum atomic E-state index is 13.6. The number of ketones is 3. The van der Waals surface area contributed by atoms with Crippen LogP contribution in [0.3, 0.4) is 0 Å². The molecule has 2 amide bonds. The van der Waals surface area contributed by atoms with E-state index in [0.29, 0.717) is 29.5 Å². The summed E-state index contributed by atoms with van der Waals surface area (Å²) in [6.07, 6.45) is -0.0660. The molecular formula is C29H30I4N2O8. The quantitative estimate of drug-likeness (QED) is 0.151. The first-order chi connectivity index (χ1) is 20.0. The van der Waals surface area contributed by atoms with Gasteiger partial charge in [-0.2, -0.15) is 0 Å². The third kappa shape index (κ3) is 8.32. The van der Waals surface area contributed by atoms with Crippen LogP contribution in [0.4, 0.5) is 11.4 Å². The lowest BCUT2D eigenvalue weighted by Gasteiger charge is -2.25. The number of carboxylic acids is 1. The molecule has 0 fully saturated rings. The van der Waals surface area contributed by atoms with Crippen molar-refractivity contribution in [3.8, 4) is 0 Å². The maximum Gasteiger partial charge on any atom is 0.337 e. The fraction of sp³-hybridized carbons (Fsp3) is 0.379. The average molecular weight is 1040 g/mol. The van der Waals surface area contributed by atoms with Gasteiger partial charge in [0.15, 0.2) is 17.3 Å². The van der Waals surface area contributed by atoms with Crippen LogP contribution in [0.2, 0.25) is 0 Å². The molecule has 0 saturated heterocycles. The van der Waals surface area contributed by atoms with Crippen molar-refractivity contribution in [1.29, 1.82) is 0 Å². The van der Waals surface area contributed by atoms with Crippen molar-refractivity contribution in [3.05, 3.63) is 47.7 Å². The van der Waals surface area contributed by atoms with Gasteiger partial charge in [0.2, 0.25) is 11.8 Å². The topological polar surface area (TPSA) is 158 Å². The van der Waals surface area contributed by atoms with Gasteiger partial charge in [-0.05, 0) is 122 Å². The summed E-state index contributed by atoms with van der Waals surface area (Å²) in [5.41, 5.74) is 2.20. The summed E-state index contributed by atoms with van der Waals surface area (Å²) in [7, 11) is 1.57. The molecule has 0 heterocycles. The molecule has 0 aliphatic rings. The van der Waals surface area contributed by atoms with Crippen LogP contribution in [-0.4, -0.2) is 59.0 Å². The van der Waals surface area contributed by atoms with E-state index >= 15 is 0 Å². The number of halogens is 4. The van der Waals surface area contributed by atoms with Gasteiger partial charge in [0.1, 0.15) is 0 Å². The smallest absolute Gasteiger partial charge is 0.337 e. The van der Waals surface area contributed by atoms with Gasteiger partial charge in [0.05, 0.1) is 20.5 Å². The molecule has 0 bridgehead atoms. The fourth-order valence-electron chi connectivity index (χ4n) is 4.48. The van der Waals surface area contributed by atoms with E-state index in [1.54, 1.807) is 27.8 Å². The molecule has 2 aromatic carbocycles. The Labute approximate surface area is 304 Å². The van der Waals surface area contributed by atoms with E-state index in [0.717, 1.165) is 0 Å². The van der Waals surface area contributed by atoms with E-state index in [2.05, 4.69) is 5.32 Å². The maximum absolute atomic E-state index is 13.6. The second-order valence-corrected chi connectivity index (χ2v) is 13.9. The lowest BCUT2D eigenvalue weighted by Crippen LogP contribution is -2.27. The number of nitrogens with one attached hydrogen (secondary N) is 1. The number of aromatic carboxylic acids is 1. The number of nitrogens with zero attached hydrogens (tertiary/aromatic N) is 1. The second-order valence-electron chi connectivity index (χ2n) is 9.61. The number of carboxylic acid groups (broad SMARTS) is 1. The van der Waals surface area contributed by atoms with Crippen molar-refractivity contribution >= 4 is 137 Å². The molecule has 0 aliphatic heterocycles. The van der Waals surface area contributed by atoms with E-state index in [1.807, 2.05) is 90.4 Å². The fourth-order valence-corrected chi connectivity index (χ4v) is 10.4. The van der Waals surface area contributed by atoms with Gasteiger partial charge in [0, 0.05) is 73.7 Å². The van der Waals surface area contributed by atoms with Crippen molar-refractivity contribution in [2.45, 2.75) is 59.8 Å². The van der Waals surface area contributed by atoms with Crippen LogP contribution in [0, 0.1) is 28.1 Å². The Bertz CT molecular complexity index is 1540. The largest absolute Gasteiger partial charge is 0.478 e. The zero-order valence-electron chi connectivity index (χ0n) is 24.0. The zero-order valence-corrected chi connectivity index (χ0v) is 32.7. The van der Waals surface area contributed by atoms with E-state index in [-0.39, 0.29) is 85.7 Å². The number of carbonyl (C=O) groups is 6. The van der Waals surface area contributed by atoms with Gasteiger partial charge in [-0.25, -0.2) is 4.79 Å². The van der Waals surface area contributed by atoms with Crippen LogP contribution < -0.4 is 10.2 Å². The molecule has 232 valence electrons. The highest BCUT2D eigenvalue weighted by molar-refractivity contribution is 14.1. The molecule has 0 saturated carbocycles. The molecule has 10 nitrogen and oxygen atoms in total.